The molecule has 1 amide bonds. The van der Waals surface area contributed by atoms with Gasteiger partial charge in [-0.1, -0.05) is 6.07 Å². The molecule has 0 aliphatic carbocycles. The predicted molar refractivity (Wildman–Crippen MR) is 86.7 cm³/mol. The van der Waals surface area contributed by atoms with Crippen LogP contribution >= 0.6 is 0 Å². The first-order valence-electron chi connectivity index (χ1n) is 7.53. The molecule has 128 valence electrons. The van der Waals surface area contributed by atoms with Gasteiger partial charge in [0, 0.05) is 6.42 Å². The number of methoxy groups -OCH3 is 2. The van der Waals surface area contributed by atoms with Crippen molar-refractivity contribution in [1.29, 1.82) is 0 Å². The predicted octanol–water partition coefficient (Wildman–Crippen LogP) is 2.09. The summed E-state index contributed by atoms with van der Waals surface area (Å²) >= 11 is 0. The van der Waals surface area contributed by atoms with Crippen LogP contribution in [0.2, 0.25) is 0 Å². The van der Waals surface area contributed by atoms with E-state index in [0.29, 0.717) is 24.5 Å². The quantitative estimate of drug-likeness (QED) is 0.742. The molecule has 6 nitrogen and oxygen atoms in total. The van der Waals surface area contributed by atoms with Gasteiger partial charge in [-0.2, -0.15) is 0 Å². The van der Waals surface area contributed by atoms with Crippen LogP contribution in [0.3, 0.4) is 0 Å². The van der Waals surface area contributed by atoms with Gasteiger partial charge in [0.05, 0.1) is 20.8 Å². The number of amides is 1. The fraction of sp³-hybridized carbons (Fsp3) is 0.529. The average Bonchev–Trinajstić information content (AvgIpc) is 2.52. The molecule has 0 unspecified atom stereocenters. The summed E-state index contributed by atoms with van der Waals surface area (Å²) in [5, 5.41) is 2.67. The lowest BCUT2D eigenvalue weighted by Gasteiger charge is -2.23. The van der Waals surface area contributed by atoms with Crippen molar-refractivity contribution in [2.24, 2.45) is 0 Å². The highest BCUT2D eigenvalue weighted by Gasteiger charge is 2.30. The zero-order chi connectivity index (χ0) is 17.5. The molecule has 0 aliphatic rings. The van der Waals surface area contributed by atoms with Crippen molar-refractivity contribution in [1.82, 2.24) is 5.32 Å². The first-order chi connectivity index (χ1) is 10.8. The number of nitrogens with one attached hydrogen (secondary N) is 1. The molecule has 6 heteroatoms. The average molecular weight is 323 g/mol. The fourth-order valence-corrected chi connectivity index (χ4v) is 2.12. The lowest BCUT2D eigenvalue weighted by molar-refractivity contribution is -0.149. The molecule has 1 aromatic rings. The summed E-state index contributed by atoms with van der Waals surface area (Å²) in [6, 6.07) is 5.57. The van der Waals surface area contributed by atoms with E-state index in [1.165, 1.54) is 7.11 Å². The first-order valence-corrected chi connectivity index (χ1v) is 7.53. The van der Waals surface area contributed by atoms with E-state index in [1.807, 2.05) is 25.1 Å². The molecule has 0 aromatic heterocycles. The minimum atomic E-state index is -1.04. The molecule has 0 radical (unpaired) electrons. The maximum Gasteiger partial charge on any atom is 0.330 e. The van der Waals surface area contributed by atoms with Gasteiger partial charge in [-0.3, -0.25) is 4.79 Å². The molecular weight excluding hydrogens is 298 g/mol. The SMILES string of the molecule is CCOc1ccc(CCC(=O)NC(C)(C)C(=O)OC)cc1OC. The molecule has 0 saturated carbocycles. The molecule has 0 heterocycles. The molecule has 0 spiro atoms. The van der Waals surface area contributed by atoms with E-state index in [4.69, 9.17) is 9.47 Å². The Morgan fingerprint density at radius 3 is 2.43 bits per heavy atom. The normalized spacial score (nSPS) is 10.8. The van der Waals surface area contributed by atoms with Gasteiger partial charge in [0.25, 0.3) is 0 Å². The smallest absolute Gasteiger partial charge is 0.330 e. The van der Waals surface area contributed by atoms with E-state index < -0.39 is 11.5 Å². The second-order valence-corrected chi connectivity index (χ2v) is 5.58. The lowest BCUT2D eigenvalue weighted by Crippen LogP contribution is -2.50. The van der Waals surface area contributed by atoms with Crippen LogP contribution in [0.25, 0.3) is 0 Å². The molecule has 1 aromatic carbocycles. The van der Waals surface area contributed by atoms with Gasteiger partial charge >= 0.3 is 5.97 Å². The number of ether oxygens (including phenoxy) is 3. The minimum absolute atomic E-state index is 0.215. The first kappa shape index (κ1) is 18.8. The maximum absolute atomic E-state index is 12.0. The molecule has 0 fully saturated rings. The van der Waals surface area contributed by atoms with E-state index in [0.717, 1.165) is 5.56 Å². The summed E-state index contributed by atoms with van der Waals surface area (Å²) in [4.78, 5) is 23.6. The van der Waals surface area contributed by atoms with Gasteiger partial charge in [0.2, 0.25) is 5.91 Å². The highest BCUT2D eigenvalue weighted by Crippen LogP contribution is 2.28. The third-order valence-corrected chi connectivity index (χ3v) is 3.32. The van der Waals surface area contributed by atoms with Crippen molar-refractivity contribution in [2.45, 2.75) is 39.2 Å². The second kappa shape index (κ2) is 8.41. The van der Waals surface area contributed by atoms with Gasteiger partial charge < -0.3 is 19.5 Å². The maximum atomic E-state index is 12.0. The Morgan fingerprint density at radius 1 is 1.17 bits per heavy atom. The van der Waals surface area contributed by atoms with Crippen molar-refractivity contribution in [3.63, 3.8) is 0 Å². The van der Waals surface area contributed by atoms with E-state index in [2.05, 4.69) is 10.1 Å². The van der Waals surface area contributed by atoms with Crippen molar-refractivity contribution >= 4 is 11.9 Å². The molecule has 23 heavy (non-hydrogen) atoms. The summed E-state index contributed by atoms with van der Waals surface area (Å²) < 4.78 is 15.4. The minimum Gasteiger partial charge on any atom is -0.493 e. The Bertz CT molecular complexity index is 554. The molecule has 0 saturated heterocycles. The summed E-state index contributed by atoms with van der Waals surface area (Å²) in [6.07, 6.45) is 0.795. The van der Waals surface area contributed by atoms with Gasteiger partial charge in [-0.05, 0) is 44.9 Å². The van der Waals surface area contributed by atoms with E-state index in [9.17, 15) is 9.59 Å². The number of carbonyl (C=O) groups is 2. The van der Waals surface area contributed by atoms with Gasteiger partial charge in [0.1, 0.15) is 5.54 Å². The van der Waals surface area contributed by atoms with Crippen LogP contribution in [0.4, 0.5) is 0 Å². The Labute approximate surface area is 137 Å². The van der Waals surface area contributed by atoms with Crippen LogP contribution in [0.1, 0.15) is 32.8 Å². The second-order valence-electron chi connectivity index (χ2n) is 5.58. The standard InChI is InChI=1S/C17H25NO5/c1-6-23-13-9-7-12(11-14(13)21-4)8-10-15(19)18-17(2,3)16(20)22-5/h7,9,11H,6,8,10H2,1-5H3,(H,18,19). The number of aryl methyl sites for hydroxylation is 1. The molecule has 0 atom stereocenters. The van der Waals surface area contributed by atoms with Crippen LogP contribution in [0, 0.1) is 0 Å². The number of benzene rings is 1. The highest BCUT2D eigenvalue weighted by atomic mass is 16.5. The van der Waals surface area contributed by atoms with Crippen LogP contribution < -0.4 is 14.8 Å². The Kier molecular flexibility index (Phi) is 6.88. The lowest BCUT2D eigenvalue weighted by atomic mass is 10.0. The zero-order valence-corrected chi connectivity index (χ0v) is 14.4. The largest absolute Gasteiger partial charge is 0.493 e. The Hall–Kier alpha value is -2.24. The summed E-state index contributed by atoms with van der Waals surface area (Å²) in [7, 11) is 2.87. The number of carbonyl (C=O) groups excluding carboxylic acids is 2. The number of rotatable bonds is 8. The van der Waals surface area contributed by atoms with Gasteiger partial charge in [-0.15, -0.1) is 0 Å². The van der Waals surface area contributed by atoms with E-state index >= 15 is 0 Å². The Morgan fingerprint density at radius 2 is 1.87 bits per heavy atom. The molecule has 1 N–H and O–H groups in total. The Balaban J connectivity index is 2.64. The molecular formula is C17H25NO5. The summed E-state index contributed by atoms with van der Waals surface area (Å²) in [5.41, 5.74) is -0.0844. The van der Waals surface area contributed by atoms with E-state index in [1.54, 1.807) is 21.0 Å². The summed E-state index contributed by atoms with van der Waals surface area (Å²) in [6.45, 7) is 5.68. The highest BCUT2D eigenvalue weighted by molar-refractivity contribution is 5.87. The van der Waals surface area contributed by atoms with Crippen LogP contribution in [-0.2, 0) is 20.7 Å². The molecule has 0 aliphatic heterocycles. The van der Waals surface area contributed by atoms with Crippen molar-refractivity contribution in [2.75, 3.05) is 20.8 Å². The third-order valence-electron chi connectivity index (χ3n) is 3.32. The van der Waals surface area contributed by atoms with Crippen LogP contribution in [0.15, 0.2) is 18.2 Å². The van der Waals surface area contributed by atoms with Crippen LogP contribution in [0.5, 0.6) is 11.5 Å². The summed E-state index contributed by atoms with van der Waals surface area (Å²) in [5.74, 6) is 0.622. The third kappa shape index (κ3) is 5.47. The number of hydrogen-bond donors (Lipinski definition) is 1. The van der Waals surface area contributed by atoms with Gasteiger partial charge in [0.15, 0.2) is 11.5 Å². The van der Waals surface area contributed by atoms with Crippen molar-refractivity contribution < 1.29 is 23.8 Å². The molecule has 0 bridgehead atoms. The molecule has 1 rings (SSSR count). The fourth-order valence-electron chi connectivity index (χ4n) is 2.12. The topological polar surface area (TPSA) is 73.9 Å². The van der Waals surface area contributed by atoms with Crippen molar-refractivity contribution in [3.05, 3.63) is 23.8 Å². The van der Waals surface area contributed by atoms with E-state index in [-0.39, 0.29) is 12.3 Å². The van der Waals surface area contributed by atoms with Gasteiger partial charge in [-0.25, -0.2) is 4.79 Å². The zero-order valence-electron chi connectivity index (χ0n) is 14.4. The monoisotopic (exact) mass is 323 g/mol. The van der Waals surface area contributed by atoms with Crippen LogP contribution in [-0.4, -0.2) is 38.2 Å². The number of hydrogen-bond acceptors (Lipinski definition) is 5. The van der Waals surface area contributed by atoms with Crippen molar-refractivity contribution in [3.8, 4) is 11.5 Å². The number of esters is 1.